The topological polar surface area (TPSA) is 64.7 Å². The molecule has 20 heavy (non-hydrogen) atoms. The fourth-order valence-corrected chi connectivity index (χ4v) is 3.26. The molecule has 0 saturated heterocycles. The molecule has 1 unspecified atom stereocenters. The Bertz CT molecular complexity index is 570. The number of thioether (sulfide) groups is 1. The molecule has 0 radical (unpaired) electrons. The monoisotopic (exact) mass is 291 g/mol. The summed E-state index contributed by atoms with van der Waals surface area (Å²) in [5.41, 5.74) is 0.913. The second kappa shape index (κ2) is 5.70. The van der Waals surface area contributed by atoms with Crippen molar-refractivity contribution >= 4 is 17.7 Å². The number of hydrogen-bond donors (Lipinski definition) is 1. The van der Waals surface area contributed by atoms with Crippen LogP contribution in [0.4, 0.5) is 0 Å². The summed E-state index contributed by atoms with van der Waals surface area (Å²) in [5, 5.41) is 8.13. The van der Waals surface area contributed by atoms with Gasteiger partial charge in [-0.1, -0.05) is 18.7 Å². The van der Waals surface area contributed by atoms with Crippen molar-refractivity contribution in [1.29, 1.82) is 0 Å². The zero-order chi connectivity index (χ0) is 13.9. The van der Waals surface area contributed by atoms with Crippen LogP contribution < -0.4 is 5.32 Å². The highest BCUT2D eigenvalue weighted by molar-refractivity contribution is 7.99. The summed E-state index contributed by atoms with van der Waals surface area (Å²) in [6.45, 7) is 3.46. The summed E-state index contributed by atoms with van der Waals surface area (Å²) in [6.07, 6.45) is 6.23. The SMILES string of the molecule is CCC(C(=O)NCc1cn2c(n1)SCC2)n1cccn1. The minimum Gasteiger partial charge on any atom is -0.349 e. The highest BCUT2D eigenvalue weighted by Gasteiger charge is 2.19. The molecule has 0 spiro atoms. The lowest BCUT2D eigenvalue weighted by Crippen LogP contribution is -2.32. The highest BCUT2D eigenvalue weighted by atomic mass is 32.2. The number of hydrogen-bond acceptors (Lipinski definition) is 4. The Hall–Kier alpha value is -1.76. The molecule has 2 aromatic heterocycles. The van der Waals surface area contributed by atoms with Crippen LogP contribution >= 0.6 is 11.8 Å². The van der Waals surface area contributed by atoms with Gasteiger partial charge in [-0.2, -0.15) is 5.10 Å². The molecule has 3 rings (SSSR count). The summed E-state index contributed by atoms with van der Waals surface area (Å²) in [6, 6.07) is 1.57. The minimum absolute atomic E-state index is 0.0167. The maximum Gasteiger partial charge on any atom is 0.245 e. The zero-order valence-corrected chi connectivity index (χ0v) is 12.1. The van der Waals surface area contributed by atoms with E-state index in [1.807, 2.05) is 25.4 Å². The molecule has 2 aromatic rings. The number of rotatable bonds is 5. The van der Waals surface area contributed by atoms with Gasteiger partial charge in [0, 0.05) is 30.9 Å². The molecule has 1 aliphatic heterocycles. The van der Waals surface area contributed by atoms with Gasteiger partial charge in [0.2, 0.25) is 5.91 Å². The third kappa shape index (κ3) is 2.58. The first-order valence-electron chi connectivity index (χ1n) is 6.73. The average Bonchev–Trinajstić information content (AvgIpc) is 3.13. The molecule has 6 nitrogen and oxygen atoms in total. The Morgan fingerprint density at radius 1 is 1.60 bits per heavy atom. The van der Waals surface area contributed by atoms with E-state index in [1.165, 1.54) is 0 Å². The number of aryl methyl sites for hydroxylation is 1. The third-order valence-corrected chi connectivity index (χ3v) is 4.30. The maximum absolute atomic E-state index is 12.2. The van der Waals surface area contributed by atoms with Gasteiger partial charge in [-0.15, -0.1) is 0 Å². The lowest BCUT2D eigenvalue weighted by Gasteiger charge is -2.14. The summed E-state index contributed by atoms with van der Waals surface area (Å²) in [4.78, 5) is 16.7. The first-order chi connectivity index (χ1) is 9.78. The number of imidazole rings is 1. The summed E-state index contributed by atoms with van der Waals surface area (Å²) in [5.74, 6) is 1.07. The number of fused-ring (bicyclic) bond motifs is 1. The first-order valence-corrected chi connectivity index (χ1v) is 7.72. The van der Waals surface area contributed by atoms with Gasteiger partial charge in [0.15, 0.2) is 5.16 Å². The van der Waals surface area contributed by atoms with E-state index in [0.717, 1.165) is 23.1 Å². The van der Waals surface area contributed by atoms with E-state index in [1.54, 1.807) is 22.6 Å². The van der Waals surface area contributed by atoms with Crippen molar-refractivity contribution in [3.8, 4) is 0 Å². The van der Waals surface area contributed by atoms with E-state index < -0.39 is 0 Å². The number of nitrogens with zero attached hydrogens (tertiary/aromatic N) is 4. The van der Waals surface area contributed by atoms with Crippen molar-refractivity contribution in [1.82, 2.24) is 24.6 Å². The van der Waals surface area contributed by atoms with E-state index in [2.05, 4.69) is 20.0 Å². The van der Waals surface area contributed by atoms with Gasteiger partial charge in [-0.3, -0.25) is 9.48 Å². The molecule has 0 saturated carbocycles. The molecule has 0 fully saturated rings. The van der Waals surface area contributed by atoms with Crippen molar-refractivity contribution in [2.24, 2.45) is 0 Å². The van der Waals surface area contributed by atoms with Gasteiger partial charge >= 0.3 is 0 Å². The fourth-order valence-electron chi connectivity index (χ4n) is 2.30. The quantitative estimate of drug-likeness (QED) is 0.905. The summed E-state index contributed by atoms with van der Waals surface area (Å²) in [7, 11) is 0. The zero-order valence-electron chi connectivity index (χ0n) is 11.3. The number of carbonyl (C=O) groups is 1. The smallest absolute Gasteiger partial charge is 0.245 e. The van der Waals surface area contributed by atoms with Gasteiger partial charge in [0.25, 0.3) is 0 Å². The molecule has 1 atom stereocenters. The molecule has 0 aliphatic carbocycles. The Morgan fingerprint density at radius 2 is 2.50 bits per heavy atom. The van der Waals surface area contributed by atoms with Crippen LogP contribution in [-0.2, 0) is 17.9 Å². The van der Waals surface area contributed by atoms with E-state index in [9.17, 15) is 4.79 Å². The second-order valence-corrected chi connectivity index (χ2v) is 5.75. The number of amides is 1. The van der Waals surface area contributed by atoms with Crippen molar-refractivity contribution in [3.63, 3.8) is 0 Å². The van der Waals surface area contributed by atoms with Crippen molar-refractivity contribution < 1.29 is 4.79 Å². The van der Waals surface area contributed by atoms with Crippen LogP contribution in [0.15, 0.2) is 29.8 Å². The Labute approximate surface area is 121 Å². The molecular weight excluding hydrogens is 274 g/mol. The van der Waals surface area contributed by atoms with Crippen LogP contribution in [0.2, 0.25) is 0 Å². The maximum atomic E-state index is 12.2. The van der Waals surface area contributed by atoms with Crippen LogP contribution in [0.25, 0.3) is 0 Å². The lowest BCUT2D eigenvalue weighted by molar-refractivity contribution is -0.124. The van der Waals surface area contributed by atoms with Crippen LogP contribution in [-0.4, -0.2) is 31.0 Å². The largest absolute Gasteiger partial charge is 0.349 e. The standard InChI is InChI=1S/C13H17N5OS/c1-2-11(18-5-3-4-15-18)12(19)14-8-10-9-17-6-7-20-13(17)16-10/h3-5,9,11H,2,6-8H2,1H3,(H,14,19). The van der Waals surface area contributed by atoms with Crippen molar-refractivity contribution in [2.75, 3.05) is 5.75 Å². The molecule has 1 N–H and O–H groups in total. The Morgan fingerprint density at radius 3 is 3.20 bits per heavy atom. The first kappa shape index (κ1) is 13.2. The normalized spacial score (nSPS) is 15.1. The molecule has 0 aromatic carbocycles. The van der Waals surface area contributed by atoms with Crippen LogP contribution in [0, 0.1) is 0 Å². The summed E-state index contributed by atoms with van der Waals surface area (Å²) < 4.78 is 3.83. The van der Waals surface area contributed by atoms with Gasteiger partial charge < -0.3 is 9.88 Å². The van der Waals surface area contributed by atoms with E-state index in [0.29, 0.717) is 13.0 Å². The van der Waals surface area contributed by atoms with Gasteiger partial charge in [0.1, 0.15) is 6.04 Å². The predicted octanol–water partition coefficient (Wildman–Crippen LogP) is 1.45. The molecule has 106 valence electrons. The van der Waals surface area contributed by atoms with E-state index in [4.69, 9.17) is 0 Å². The van der Waals surface area contributed by atoms with Crippen molar-refractivity contribution in [2.45, 2.75) is 37.6 Å². The Balaban J connectivity index is 1.60. The second-order valence-electron chi connectivity index (χ2n) is 4.68. The van der Waals surface area contributed by atoms with Gasteiger partial charge in [0.05, 0.1) is 12.2 Å². The molecule has 1 amide bonds. The third-order valence-electron chi connectivity index (χ3n) is 3.33. The molecular formula is C13H17N5OS. The van der Waals surface area contributed by atoms with E-state index >= 15 is 0 Å². The highest BCUT2D eigenvalue weighted by Crippen LogP contribution is 2.24. The molecule has 7 heteroatoms. The van der Waals surface area contributed by atoms with Crippen LogP contribution in [0.1, 0.15) is 25.1 Å². The van der Waals surface area contributed by atoms with Gasteiger partial charge in [-0.25, -0.2) is 4.98 Å². The average molecular weight is 291 g/mol. The van der Waals surface area contributed by atoms with E-state index in [-0.39, 0.29) is 11.9 Å². The van der Waals surface area contributed by atoms with Crippen molar-refractivity contribution in [3.05, 3.63) is 30.4 Å². The minimum atomic E-state index is -0.256. The van der Waals surface area contributed by atoms with Crippen LogP contribution in [0.3, 0.4) is 0 Å². The number of carbonyl (C=O) groups excluding carboxylic acids is 1. The number of aromatic nitrogens is 4. The van der Waals surface area contributed by atoms with Gasteiger partial charge in [-0.05, 0) is 12.5 Å². The fraction of sp³-hybridized carbons (Fsp3) is 0.462. The molecule has 3 heterocycles. The van der Waals surface area contributed by atoms with Crippen LogP contribution in [0.5, 0.6) is 0 Å². The summed E-state index contributed by atoms with van der Waals surface area (Å²) >= 11 is 1.76. The predicted molar refractivity (Wildman–Crippen MR) is 76.4 cm³/mol. The lowest BCUT2D eigenvalue weighted by atomic mass is 10.2. The number of nitrogens with one attached hydrogen (secondary N) is 1. The molecule has 1 aliphatic rings. The Kier molecular flexibility index (Phi) is 3.77. The molecule has 0 bridgehead atoms.